The van der Waals surface area contributed by atoms with Crippen LogP contribution in [0.25, 0.3) is 0 Å². The van der Waals surface area contributed by atoms with Crippen molar-refractivity contribution in [3.63, 3.8) is 0 Å². The van der Waals surface area contributed by atoms with Crippen molar-refractivity contribution in [2.45, 2.75) is 102 Å². The van der Waals surface area contributed by atoms with Gasteiger partial charge in [-0.1, -0.05) is 38.5 Å². The van der Waals surface area contributed by atoms with E-state index >= 15 is 0 Å². The van der Waals surface area contributed by atoms with Crippen LogP contribution in [-0.2, 0) is 41.8 Å². The summed E-state index contributed by atoms with van der Waals surface area (Å²) in [5.74, 6) is -0.447. The second-order valence-corrected chi connectivity index (χ2v) is 13.5. The molecular weight excluding hydrogens is 604 g/mol. The quantitative estimate of drug-likeness (QED) is 0.258. The van der Waals surface area contributed by atoms with Crippen LogP contribution in [0, 0.1) is 0 Å². The molecule has 0 bridgehead atoms. The minimum Gasteiger partial charge on any atom is -0.341 e. The molecule has 0 radical (unpaired) electrons. The van der Waals surface area contributed by atoms with Crippen LogP contribution in [0.2, 0.25) is 0 Å². The number of amides is 1. The highest BCUT2D eigenvalue weighted by Gasteiger charge is 2.42. The highest BCUT2D eigenvalue weighted by molar-refractivity contribution is 5.79. The molecule has 3 fully saturated rings. The van der Waals surface area contributed by atoms with Crippen molar-refractivity contribution in [1.29, 1.82) is 0 Å². The van der Waals surface area contributed by atoms with Crippen LogP contribution < -0.4 is 0 Å². The zero-order chi connectivity index (χ0) is 33.1. The molecule has 4 nitrogen and oxygen atoms in total. The molecule has 3 aliphatic heterocycles. The molecule has 1 unspecified atom stereocenters. The Morgan fingerprint density at radius 1 is 0.804 bits per heavy atom. The van der Waals surface area contributed by atoms with Gasteiger partial charge in [0.15, 0.2) is 0 Å². The SMILES string of the molecule is CCc1ccc(C2(CCN3CCC(N4CCCCC4)CC3)CCN(C(=O)Cc3cc(C(F)(F)F)cc(C(F)(F)F)c3)C2)cc1CC. The fraction of sp³-hybridized carbons (Fsp3) is 0.639. The first-order chi connectivity index (χ1) is 21.8. The zero-order valence-corrected chi connectivity index (χ0v) is 27.1. The Bertz CT molecular complexity index is 1310. The maximum absolute atomic E-state index is 13.5. The van der Waals surface area contributed by atoms with Gasteiger partial charge in [-0.15, -0.1) is 0 Å². The highest BCUT2D eigenvalue weighted by Crippen LogP contribution is 2.41. The van der Waals surface area contributed by atoms with Crippen LogP contribution in [0.15, 0.2) is 36.4 Å². The molecule has 254 valence electrons. The number of carbonyl (C=O) groups is 1. The van der Waals surface area contributed by atoms with Gasteiger partial charge in [0.1, 0.15) is 0 Å². The van der Waals surface area contributed by atoms with E-state index in [-0.39, 0.29) is 17.0 Å². The first kappa shape index (κ1) is 34.7. The monoisotopic (exact) mass is 651 g/mol. The second-order valence-electron chi connectivity index (χ2n) is 13.5. The summed E-state index contributed by atoms with van der Waals surface area (Å²) in [5.41, 5.74) is 0.328. The number of nitrogens with zero attached hydrogens (tertiary/aromatic N) is 3. The van der Waals surface area contributed by atoms with E-state index in [0.29, 0.717) is 37.7 Å². The Labute approximate surface area is 269 Å². The first-order valence-electron chi connectivity index (χ1n) is 17.0. The van der Waals surface area contributed by atoms with Crippen molar-refractivity contribution >= 4 is 5.91 Å². The summed E-state index contributed by atoms with van der Waals surface area (Å²) < 4.78 is 80.8. The van der Waals surface area contributed by atoms with Crippen LogP contribution in [-0.4, -0.2) is 72.5 Å². The number of alkyl halides is 6. The molecule has 46 heavy (non-hydrogen) atoms. The molecule has 0 N–H and O–H groups in total. The topological polar surface area (TPSA) is 26.8 Å². The Hall–Kier alpha value is -2.59. The molecule has 3 saturated heterocycles. The van der Waals surface area contributed by atoms with Gasteiger partial charge in [0.05, 0.1) is 17.5 Å². The Morgan fingerprint density at radius 2 is 1.43 bits per heavy atom. The third-order valence-electron chi connectivity index (χ3n) is 10.7. The first-order valence-corrected chi connectivity index (χ1v) is 17.0. The number of benzene rings is 2. The predicted octanol–water partition coefficient (Wildman–Crippen LogP) is 7.90. The Kier molecular flexibility index (Phi) is 10.8. The van der Waals surface area contributed by atoms with Gasteiger partial charge in [-0.3, -0.25) is 4.79 Å². The highest BCUT2D eigenvalue weighted by atomic mass is 19.4. The van der Waals surface area contributed by atoms with Crippen LogP contribution >= 0.6 is 0 Å². The third-order valence-corrected chi connectivity index (χ3v) is 10.7. The molecule has 0 aliphatic carbocycles. The minimum absolute atomic E-state index is 0.107. The largest absolute Gasteiger partial charge is 0.416 e. The zero-order valence-electron chi connectivity index (χ0n) is 27.1. The van der Waals surface area contributed by atoms with E-state index in [2.05, 4.69) is 41.8 Å². The van der Waals surface area contributed by atoms with Crippen LogP contribution in [0.4, 0.5) is 26.3 Å². The maximum atomic E-state index is 13.5. The van der Waals surface area contributed by atoms with Gasteiger partial charge in [-0.05, 0) is 125 Å². The van der Waals surface area contributed by atoms with Crippen molar-refractivity contribution in [3.05, 3.63) is 69.8 Å². The molecule has 3 aliphatic rings. The van der Waals surface area contributed by atoms with Crippen molar-refractivity contribution in [2.75, 3.05) is 45.8 Å². The van der Waals surface area contributed by atoms with Gasteiger partial charge in [0, 0.05) is 24.5 Å². The molecule has 1 atom stereocenters. The van der Waals surface area contributed by atoms with Gasteiger partial charge in [-0.25, -0.2) is 0 Å². The fourth-order valence-electron chi connectivity index (χ4n) is 7.87. The summed E-state index contributed by atoms with van der Waals surface area (Å²) >= 11 is 0. The summed E-state index contributed by atoms with van der Waals surface area (Å²) in [5, 5.41) is 0. The van der Waals surface area contributed by atoms with Crippen molar-refractivity contribution in [3.8, 4) is 0 Å². The van der Waals surface area contributed by atoms with Crippen LogP contribution in [0.5, 0.6) is 0 Å². The molecule has 2 aromatic carbocycles. The molecule has 0 aromatic heterocycles. The van der Waals surface area contributed by atoms with Gasteiger partial charge >= 0.3 is 12.4 Å². The molecule has 10 heteroatoms. The molecule has 0 saturated carbocycles. The van der Waals surface area contributed by atoms with E-state index in [0.717, 1.165) is 51.7 Å². The summed E-state index contributed by atoms with van der Waals surface area (Å²) in [6.45, 7) is 10.4. The Balaban J connectivity index is 1.32. The lowest BCUT2D eigenvalue weighted by atomic mass is 9.75. The van der Waals surface area contributed by atoms with Gasteiger partial charge < -0.3 is 14.7 Å². The number of likely N-dealkylation sites (tertiary alicyclic amines) is 3. The summed E-state index contributed by atoms with van der Waals surface area (Å²) in [4.78, 5) is 20.4. The number of hydrogen-bond acceptors (Lipinski definition) is 3. The second kappa shape index (κ2) is 14.3. The third kappa shape index (κ3) is 8.09. The summed E-state index contributed by atoms with van der Waals surface area (Å²) in [6.07, 6.45) is -0.878. The maximum Gasteiger partial charge on any atom is 0.416 e. The number of carbonyl (C=O) groups excluding carboxylic acids is 1. The number of halogens is 6. The fourth-order valence-corrected chi connectivity index (χ4v) is 7.87. The minimum atomic E-state index is -4.95. The lowest BCUT2D eigenvalue weighted by molar-refractivity contribution is -0.143. The average molecular weight is 652 g/mol. The summed E-state index contributed by atoms with van der Waals surface area (Å²) in [7, 11) is 0. The Morgan fingerprint density at radius 3 is 2.02 bits per heavy atom. The molecule has 0 spiro atoms. The smallest absolute Gasteiger partial charge is 0.341 e. The number of piperidine rings is 2. The van der Waals surface area contributed by atoms with Gasteiger partial charge in [0.25, 0.3) is 0 Å². The molecule has 2 aromatic rings. The van der Waals surface area contributed by atoms with Crippen molar-refractivity contribution in [2.24, 2.45) is 0 Å². The van der Waals surface area contributed by atoms with Crippen molar-refractivity contribution < 1.29 is 31.1 Å². The van der Waals surface area contributed by atoms with Crippen molar-refractivity contribution in [1.82, 2.24) is 14.7 Å². The predicted molar refractivity (Wildman–Crippen MR) is 168 cm³/mol. The average Bonchev–Trinajstić information content (AvgIpc) is 3.49. The van der Waals surface area contributed by atoms with Crippen LogP contribution in [0.3, 0.4) is 0 Å². The molecular formula is C36H47F6N3O. The van der Waals surface area contributed by atoms with E-state index in [1.165, 1.54) is 49.0 Å². The summed E-state index contributed by atoms with van der Waals surface area (Å²) in [6, 6.07) is 8.69. The number of aryl methyl sites for hydroxylation is 2. The van der Waals surface area contributed by atoms with E-state index < -0.39 is 35.8 Å². The lowest BCUT2D eigenvalue weighted by Crippen LogP contribution is -2.47. The lowest BCUT2D eigenvalue weighted by Gasteiger charge is -2.41. The van der Waals surface area contributed by atoms with Gasteiger partial charge in [-0.2, -0.15) is 26.3 Å². The molecule has 5 rings (SSSR count). The van der Waals surface area contributed by atoms with Gasteiger partial charge in [0.2, 0.25) is 5.91 Å². The standard InChI is InChI=1S/C36H47F6N3O/c1-3-27-8-9-29(23-28(27)4-2)34(12-18-43-16-10-32(11-17-43)44-14-6-5-7-15-44)13-19-45(25-34)33(46)22-26-20-30(35(37,38)39)24-31(21-26)36(40,41)42/h8-9,20-21,23-24,32H,3-7,10-19,22,25H2,1-2H3. The van der Waals surface area contributed by atoms with E-state index in [4.69, 9.17) is 0 Å². The number of hydrogen-bond donors (Lipinski definition) is 0. The van der Waals surface area contributed by atoms with Crippen LogP contribution in [0.1, 0.15) is 92.2 Å². The van der Waals surface area contributed by atoms with E-state index in [1.54, 1.807) is 4.90 Å². The van der Waals surface area contributed by atoms with E-state index in [9.17, 15) is 31.1 Å². The van der Waals surface area contributed by atoms with E-state index in [1.807, 2.05) is 0 Å². The normalized spacial score (nSPS) is 22.5. The number of rotatable bonds is 9. The molecule has 3 heterocycles. The molecule has 1 amide bonds.